The highest BCUT2D eigenvalue weighted by Gasteiger charge is 2.67. The molecule has 2 aromatic carbocycles. The first-order valence-corrected chi connectivity index (χ1v) is 14.1. The highest BCUT2D eigenvalue weighted by molar-refractivity contribution is 5.93. The predicted molar refractivity (Wildman–Crippen MR) is 145 cm³/mol. The van der Waals surface area contributed by atoms with Crippen LogP contribution in [0.1, 0.15) is 67.2 Å². The van der Waals surface area contributed by atoms with Gasteiger partial charge >= 0.3 is 0 Å². The Bertz CT molecular complexity index is 1410. The maximum atomic E-state index is 15.1. The third-order valence-corrected chi connectivity index (χ3v) is 10.5. The number of Topliss-reactive ketones (excluding diaryl/α,β-unsaturated/α-hetero) is 1. The van der Waals surface area contributed by atoms with Gasteiger partial charge in [0.1, 0.15) is 0 Å². The van der Waals surface area contributed by atoms with Gasteiger partial charge in [-0.25, -0.2) is 0 Å². The Morgan fingerprint density at radius 3 is 2.18 bits per heavy atom. The van der Waals surface area contributed by atoms with Crippen LogP contribution in [0.3, 0.4) is 0 Å². The molecule has 39 heavy (non-hydrogen) atoms. The summed E-state index contributed by atoms with van der Waals surface area (Å²) in [5.41, 5.74) is 0.837. The number of ketones is 1. The van der Waals surface area contributed by atoms with E-state index in [0.717, 1.165) is 36.0 Å². The smallest absolute Gasteiger partial charge is 0.177 e. The molecule has 6 heteroatoms. The zero-order chi connectivity index (χ0) is 26.9. The van der Waals surface area contributed by atoms with Crippen LogP contribution in [0.15, 0.2) is 48.7 Å². The summed E-state index contributed by atoms with van der Waals surface area (Å²) in [6.45, 7) is 0. The van der Waals surface area contributed by atoms with E-state index >= 15 is 4.79 Å². The molecule has 4 saturated carbocycles. The number of methoxy groups -OCH3 is 2. The van der Waals surface area contributed by atoms with Crippen LogP contribution in [0.2, 0.25) is 0 Å². The maximum absolute atomic E-state index is 15.1. The van der Waals surface area contributed by atoms with Crippen molar-refractivity contribution in [2.45, 2.75) is 56.5 Å². The number of benzene rings is 2. The zero-order valence-corrected chi connectivity index (χ0v) is 22.5. The molecule has 3 atom stereocenters. The molecule has 0 N–H and O–H groups in total. The van der Waals surface area contributed by atoms with Gasteiger partial charge in [0.2, 0.25) is 0 Å². The molecule has 0 unspecified atom stereocenters. The van der Waals surface area contributed by atoms with Crippen molar-refractivity contribution in [3.05, 3.63) is 65.4 Å². The molecule has 4 aliphatic carbocycles. The van der Waals surface area contributed by atoms with E-state index in [-0.39, 0.29) is 11.2 Å². The lowest BCUT2D eigenvalue weighted by Gasteiger charge is -2.57. The zero-order valence-electron chi connectivity index (χ0n) is 22.5. The van der Waals surface area contributed by atoms with Crippen molar-refractivity contribution in [1.82, 2.24) is 4.90 Å². The standard InChI is InChI=1S/C33H33N3O3/c1-38-26-8-7-24(14-27(26)39-2)28-29(31(37)32-15-20-11-21(16-32)13-22(12-20)17-32)36-10-9-23-5-3-4-6-25(23)30(36)33(28,18-34)19-35/h3-10,14,20-22,28-30H,11-13,15-17H2,1-2H3/t20?,21?,22?,28-,29-,30-,32?/m1/s1. The summed E-state index contributed by atoms with van der Waals surface area (Å²) >= 11 is 0. The Labute approximate surface area is 229 Å². The average molecular weight is 520 g/mol. The molecule has 0 amide bonds. The molecule has 1 saturated heterocycles. The summed E-state index contributed by atoms with van der Waals surface area (Å²) in [6, 6.07) is 17.3. The minimum atomic E-state index is -1.47. The van der Waals surface area contributed by atoms with E-state index in [1.54, 1.807) is 14.2 Å². The fourth-order valence-electron chi connectivity index (χ4n) is 9.44. The molecule has 8 rings (SSSR count). The Hall–Kier alpha value is -3.77. The normalized spacial score (nSPS) is 34.5. The number of hydrogen-bond acceptors (Lipinski definition) is 6. The van der Waals surface area contributed by atoms with E-state index in [0.29, 0.717) is 29.3 Å². The first-order valence-electron chi connectivity index (χ1n) is 14.1. The Morgan fingerprint density at radius 2 is 1.56 bits per heavy atom. The highest BCUT2D eigenvalue weighted by Crippen LogP contribution is 2.65. The predicted octanol–water partition coefficient (Wildman–Crippen LogP) is 6.02. The molecule has 6 aliphatic rings. The molecule has 0 spiro atoms. The molecule has 2 aliphatic heterocycles. The fourth-order valence-corrected chi connectivity index (χ4v) is 9.44. The van der Waals surface area contributed by atoms with Gasteiger partial charge in [0, 0.05) is 17.5 Å². The molecule has 0 aromatic heterocycles. The molecule has 6 nitrogen and oxygen atoms in total. The number of ether oxygens (including phenoxy) is 2. The first-order chi connectivity index (χ1) is 19.0. The first kappa shape index (κ1) is 24.3. The summed E-state index contributed by atoms with van der Waals surface area (Å²) in [6.07, 6.45) is 10.6. The molecular weight excluding hydrogens is 486 g/mol. The lowest BCUT2D eigenvalue weighted by atomic mass is 9.47. The average Bonchev–Trinajstić information content (AvgIpc) is 3.26. The van der Waals surface area contributed by atoms with E-state index in [2.05, 4.69) is 17.0 Å². The molecule has 198 valence electrons. The van der Waals surface area contributed by atoms with Crippen molar-refractivity contribution in [3.63, 3.8) is 0 Å². The van der Waals surface area contributed by atoms with Gasteiger partial charge < -0.3 is 14.4 Å². The Morgan fingerprint density at radius 1 is 0.923 bits per heavy atom. The van der Waals surface area contributed by atoms with Crippen molar-refractivity contribution in [3.8, 4) is 23.6 Å². The number of nitrogens with zero attached hydrogens (tertiary/aromatic N) is 3. The van der Waals surface area contributed by atoms with Gasteiger partial charge in [0.15, 0.2) is 22.7 Å². The molecule has 0 radical (unpaired) electrons. The van der Waals surface area contributed by atoms with E-state index in [9.17, 15) is 10.5 Å². The minimum absolute atomic E-state index is 0.225. The number of nitriles is 2. The lowest BCUT2D eigenvalue weighted by Crippen LogP contribution is -2.55. The monoisotopic (exact) mass is 519 g/mol. The van der Waals surface area contributed by atoms with Crippen molar-refractivity contribution < 1.29 is 14.3 Å². The van der Waals surface area contributed by atoms with Crippen LogP contribution in [0, 0.1) is 51.2 Å². The van der Waals surface area contributed by atoms with Crippen molar-refractivity contribution in [2.75, 3.05) is 14.2 Å². The largest absolute Gasteiger partial charge is 0.493 e. The summed E-state index contributed by atoms with van der Waals surface area (Å²) in [4.78, 5) is 17.2. The number of carbonyl (C=O) groups excluding carboxylic acids is 1. The van der Waals surface area contributed by atoms with Crippen LogP contribution in [0.5, 0.6) is 11.5 Å². The van der Waals surface area contributed by atoms with Crippen LogP contribution in [0.4, 0.5) is 0 Å². The Balaban J connectivity index is 1.43. The van der Waals surface area contributed by atoms with Crippen LogP contribution in [0.25, 0.3) is 6.08 Å². The second-order valence-corrected chi connectivity index (χ2v) is 12.5. The van der Waals surface area contributed by atoms with Crippen LogP contribution >= 0.6 is 0 Å². The molecule has 4 bridgehead atoms. The minimum Gasteiger partial charge on any atom is -0.493 e. The van der Waals surface area contributed by atoms with Gasteiger partial charge in [-0.05, 0) is 91.2 Å². The van der Waals surface area contributed by atoms with Gasteiger partial charge in [-0.3, -0.25) is 4.79 Å². The van der Waals surface area contributed by atoms with Gasteiger partial charge in [-0.1, -0.05) is 30.3 Å². The number of hydrogen-bond donors (Lipinski definition) is 0. The van der Waals surface area contributed by atoms with E-state index < -0.39 is 23.4 Å². The highest BCUT2D eigenvalue weighted by atomic mass is 16.5. The van der Waals surface area contributed by atoms with E-state index in [4.69, 9.17) is 9.47 Å². The third-order valence-electron chi connectivity index (χ3n) is 10.5. The fraction of sp³-hybridized carbons (Fsp3) is 0.485. The van der Waals surface area contributed by atoms with E-state index in [1.807, 2.05) is 54.7 Å². The number of fused-ring (bicyclic) bond motifs is 3. The van der Waals surface area contributed by atoms with Crippen molar-refractivity contribution in [1.29, 1.82) is 10.5 Å². The summed E-state index contributed by atoms with van der Waals surface area (Å²) < 4.78 is 11.1. The van der Waals surface area contributed by atoms with Gasteiger partial charge in [0.25, 0.3) is 0 Å². The number of rotatable bonds is 5. The van der Waals surface area contributed by atoms with Crippen LogP contribution < -0.4 is 9.47 Å². The lowest BCUT2D eigenvalue weighted by molar-refractivity contribution is -0.148. The molecule has 5 fully saturated rings. The molecule has 2 aromatic rings. The summed E-state index contributed by atoms with van der Waals surface area (Å²) in [5.74, 6) is 2.53. The topological polar surface area (TPSA) is 86.4 Å². The molecule has 2 heterocycles. The van der Waals surface area contributed by atoms with Gasteiger partial charge in [-0.15, -0.1) is 0 Å². The van der Waals surface area contributed by atoms with Crippen molar-refractivity contribution >= 4 is 11.9 Å². The maximum Gasteiger partial charge on any atom is 0.177 e. The molecular formula is C33H33N3O3. The van der Waals surface area contributed by atoms with Gasteiger partial charge in [-0.2, -0.15) is 10.5 Å². The van der Waals surface area contributed by atoms with Gasteiger partial charge in [0.05, 0.1) is 38.4 Å². The van der Waals surface area contributed by atoms with Crippen LogP contribution in [-0.2, 0) is 4.79 Å². The summed E-state index contributed by atoms with van der Waals surface area (Å²) in [5, 5.41) is 21.8. The Kier molecular flexibility index (Phi) is 5.37. The third kappa shape index (κ3) is 3.27. The number of carbonyl (C=O) groups is 1. The summed E-state index contributed by atoms with van der Waals surface area (Å²) in [7, 11) is 3.17. The van der Waals surface area contributed by atoms with Crippen molar-refractivity contribution in [2.24, 2.45) is 28.6 Å². The van der Waals surface area contributed by atoms with E-state index in [1.165, 1.54) is 19.3 Å². The second kappa shape index (κ2) is 8.62. The SMILES string of the molecule is COc1ccc([C@@H]2[C@H](C(=O)C34CC5CC(CC(C5)C3)C4)N3C=Cc4ccccc4[C@@H]3C2(C#N)C#N)cc1OC. The second-order valence-electron chi connectivity index (χ2n) is 12.5. The quantitative estimate of drug-likeness (QED) is 0.480. The van der Waals surface area contributed by atoms with Crippen LogP contribution in [-0.4, -0.2) is 30.9 Å².